The number of hydrogen-bond acceptors (Lipinski definition) is 4. The number of rotatable bonds is 7. The number of hydrogen-bond donors (Lipinski definition) is 2. The summed E-state index contributed by atoms with van der Waals surface area (Å²) in [5, 5.41) is 9.83. The van der Waals surface area contributed by atoms with Crippen molar-refractivity contribution in [3.63, 3.8) is 0 Å². The number of nitrogens with one attached hydrogen (secondary N) is 2. The number of amides is 1. The van der Waals surface area contributed by atoms with Gasteiger partial charge in [0.2, 0.25) is 0 Å². The maximum absolute atomic E-state index is 13.0. The van der Waals surface area contributed by atoms with Crippen molar-refractivity contribution in [2.24, 2.45) is 0 Å². The number of halogens is 2. The lowest BCUT2D eigenvalue weighted by atomic mass is 9.93. The van der Waals surface area contributed by atoms with Gasteiger partial charge in [0.25, 0.3) is 5.91 Å². The first-order valence-electron chi connectivity index (χ1n) is 9.99. The molecule has 0 saturated heterocycles. The molecule has 4 rings (SSSR count). The van der Waals surface area contributed by atoms with Crippen LogP contribution in [0.2, 0.25) is 0 Å². The molecule has 0 aliphatic heterocycles. The smallest absolute Gasteiger partial charge is 0.387 e. The first-order chi connectivity index (χ1) is 14.9. The van der Waals surface area contributed by atoms with E-state index in [1.165, 1.54) is 29.5 Å². The van der Waals surface area contributed by atoms with E-state index >= 15 is 0 Å². The van der Waals surface area contributed by atoms with E-state index in [1.54, 1.807) is 12.1 Å². The van der Waals surface area contributed by atoms with Crippen molar-refractivity contribution >= 4 is 5.91 Å². The molecule has 0 saturated carbocycles. The summed E-state index contributed by atoms with van der Waals surface area (Å²) in [5.41, 5.74) is 3.71. The molecule has 0 spiro atoms. The summed E-state index contributed by atoms with van der Waals surface area (Å²) in [6, 6.07) is 14.5. The molecule has 6 nitrogen and oxygen atoms in total. The molecule has 0 atom stereocenters. The van der Waals surface area contributed by atoms with Crippen LogP contribution in [0, 0.1) is 0 Å². The van der Waals surface area contributed by atoms with Gasteiger partial charge in [-0.2, -0.15) is 13.9 Å². The van der Waals surface area contributed by atoms with Gasteiger partial charge in [0.15, 0.2) is 0 Å². The highest BCUT2D eigenvalue weighted by atomic mass is 19.3. The Morgan fingerprint density at radius 1 is 1.19 bits per heavy atom. The van der Waals surface area contributed by atoms with Crippen molar-refractivity contribution in [3.05, 3.63) is 71.4 Å². The molecule has 162 valence electrons. The lowest BCUT2D eigenvalue weighted by molar-refractivity contribution is -0.0498. The number of aromatic nitrogens is 2. The Balaban J connectivity index is 1.51. The maximum atomic E-state index is 13.0. The number of ether oxygens (including phenoxy) is 1. The van der Waals surface area contributed by atoms with Crippen molar-refractivity contribution in [2.75, 3.05) is 20.6 Å². The quantitative estimate of drug-likeness (QED) is 0.607. The minimum atomic E-state index is -2.92. The predicted octanol–water partition coefficient (Wildman–Crippen LogP) is 3.51. The van der Waals surface area contributed by atoms with Crippen LogP contribution < -0.4 is 10.1 Å². The third-order valence-corrected chi connectivity index (χ3v) is 5.92. The third kappa shape index (κ3) is 4.29. The van der Waals surface area contributed by atoms with Gasteiger partial charge >= 0.3 is 6.61 Å². The van der Waals surface area contributed by atoms with Crippen LogP contribution in [0.1, 0.15) is 21.5 Å². The molecule has 1 aromatic heterocycles. The summed E-state index contributed by atoms with van der Waals surface area (Å²) >= 11 is 0. The second kappa shape index (κ2) is 8.47. The van der Waals surface area contributed by atoms with Gasteiger partial charge in [-0.3, -0.25) is 9.89 Å². The fraction of sp³-hybridized carbons (Fsp3) is 0.304. The Morgan fingerprint density at radius 2 is 1.90 bits per heavy atom. The van der Waals surface area contributed by atoms with Crippen LogP contribution in [0.15, 0.2) is 54.7 Å². The third-order valence-electron chi connectivity index (χ3n) is 5.92. The summed E-state index contributed by atoms with van der Waals surface area (Å²) in [6.45, 7) is -2.45. The van der Waals surface area contributed by atoms with Gasteiger partial charge in [-0.15, -0.1) is 0 Å². The topological polar surface area (TPSA) is 70.2 Å². The molecule has 1 aliphatic carbocycles. The van der Waals surface area contributed by atoms with Gasteiger partial charge in [-0.05, 0) is 50.2 Å². The highest BCUT2D eigenvalue weighted by molar-refractivity contribution is 5.99. The number of aromatic amines is 1. The number of likely N-dealkylation sites (N-methyl/N-ethyl adjacent to an activating group) is 1. The van der Waals surface area contributed by atoms with E-state index in [0.29, 0.717) is 23.4 Å². The molecular formula is C23H24F2N4O2. The Morgan fingerprint density at radius 3 is 2.55 bits per heavy atom. The van der Waals surface area contributed by atoms with Gasteiger partial charge < -0.3 is 15.0 Å². The zero-order valence-corrected chi connectivity index (χ0v) is 17.4. The zero-order chi connectivity index (χ0) is 22.0. The van der Waals surface area contributed by atoms with Crippen molar-refractivity contribution in [3.8, 4) is 17.0 Å². The number of nitrogens with zero attached hydrogens (tertiary/aromatic N) is 2. The van der Waals surface area contributed by atoms with Crippen LogP contribution in [0.3, 0.4) is 0 Å². The van der Waals surface area contributed by atoms with Gasteiger partial charge in [0.1, 0.15) is 5.75 Å². The Bertz CT molecular complexity index is 1060. The molecule has 0 fully saturated rings. The molecule has 1 amide bonds. The van der Waals surface area contributed by atoms with E-state index in [9.17, 15) is 13.6 Å². The molecule has 31 heavy (non-hydrogen) atoms. The largest absolute Gasteiger partial charge is 0.435 e. The molecule has 2 aromatic carbocycles. The minimum absolute atomic E-state index is 0.0174. The number of carbonyl (C=O) groups excluding carboxylic acids is 1. The van der Waals surface area contributed by atoms with Crippen LogP contribution in [-0.2, 0) is 12.8 Å². The standard InChI is InChI=1S/C23H24F2N4O2/c1-29(2)23(11-16-6-3-4-7-17(16)12-23)14-26-21(30)19-13-27-28-20(19)15-8-5-9-18(10-15)31-22(24)25/h3-10,13,22H,11-12,14H2,1-2H3,(H,26,30)(H,27,28). The van der Waals surface area contributed by atoms with Crippen molar-refractivity contribution in [2.45, 2.75) is 25.0 Å². The van der Waals surface area contributed by atoms with Crippen molar-refractivity contribution in [1.29, 1.82) is 0 Å². The minimum Gasteiger partial charge on any atom is -0.435 e. The van der Waals surface area contributed by atoms with E-state index in [1.807, 2.05) is 26.2 Å². The van der Waals surface area contributed by atoms with Crippen LogP contribution in [0.4, 0.5) is 8.78 Å². The SMILES string of the molecule is CN(C)C1(CNC(=O)c2cn[nH]c2-c2cccc(OC(F)F)c2)Cc2ccccc2C1. The lowest BCUT2D eigenvalue weighted by Crippen LogP contribution is -2.53. The second-order valence-corrected chi connectivity index (χ2v) is 7.99. The van der Waals surface area contributed by atoms with Gasteiger partial charge in [-0.1, -0.05) is 36.4 Å². The molecule has 8 heteroatoms. The number of carbonyl (C=O) groups is 1. The van der Waals surface area contributed by atoms with E-state index in [-0.39, 0.29) is 17.2 Å². The lowest BCUT2D eigenvalue weighted by Gasteiger charge is -2.36. The molecule has 0 unspecified atom stereocenters. The highest BCUT2D eigenvalue weighted by Crippen LogP contribution is 2.33. The number of fused-ring (bicyclic) bond motifs is 1. The summed E-state index contributed by atoms with van der Waals surface area (Å²) in [4.78, 5) is 15.2. The van der Waals surface area contributed by atoms with Gasteiger partial charge in [0, 0.05) is 17.6 Å². The van der Waals surface area contributed by atoms with Crippen LogP contribution in [-0.4, -0.2) is 53.8 Å². The second-order valence-electron chi connectivity index (χ2n) is 7.99. The highest BCUT2D eigenvalue weighted by Gasteiger charge is 2.39. The monoisotopic (exact) mass is 426 g/mol. The summed E-state index contributed by atoms with van der Waals surface area (Å²) in [6.07, 6.45) is 3.14. The van der Waals surface area contributed by atoms with Crippen LogP contribution in [0.25, 0.3) is 11.3 Å². The zero-order valence-electron chi connectivity index (χ0n) is 17.4. The van der Waals surface area contributed by atoms with E-state index in [4.69, 9.17) is 0 Å². The fourth-order valence-corrected chi connectivity index (χ4v) is 4.12. The summed E-state index contributed by atoms with van der Waals surface area (Å²) in [5.74, 6) is -0.259. The molecule has 1 heterocycles. The molecule has 1 aliphatic rings. The maximum Gasteiger partial charge on any atom is 0.387 e. The van der Waals surface area contributed by atoms with Gasteiger partial charge in [0.05, 0.1) is 17.5 Å². The van der Waals surface area contributed by atoms with E-state index < -0.39 is 6.61 Å². The summed E-state index contributed by atoms with van der Waals surface area (Å²) < 4.78 is 29.5. The molecule has 2 N–H and O–H groups in total. The van der Waals surface area contributed by atoms with Gasteiger partial charge in [-0.25, -0.2) is 0 Å². The van der Waals surface area contributed by atoms with E-state index in [2.05, 4.69) is 37.3 Å². The van der Waals surface area contributed by atoms with Crippen LogP contribution in [0.5, 0.6) is 5.75 Å². The first kappa shape index (κ1) is 21.0. The number of alkyl halides is 2. The predicted molar refractivity (Wildman–Crippen MR) is 113 cm³/mol. The molecular weight excluding hydrogens is 402 g/mol. The average Bonchev–Trinajstić information content (AvgIpc) is 3.37. The fourth-order valence-electron chi connectivity index (χ4n) is 4.12. The number of benzene rings is 2. The van der Waals surface area contributed by atoms with E-state index in [0.717, 1.165) is 12.8 Å². The Labute approximate surface area is 179 Å². The summed E-state index contributed by atoms with van der Waals surface area (Å²) in [7, 11) is 4.05. The first-order valence-corrected chi connectivity index (χ1v) is 9.99. The van der Waals surface area contributed by atoms with Crippen molar-refractivity contribution < 1.29 is 18.3 Å². The van der Waals surface area contributed by atoms with Crippen LogP contribution >= 0.6 is 0 Å². The Hall–Kier alpha value is -3.26. The molecule has 3 aromatic rings. The molecule has 0 radical (unpaired) electrons. The Kier molecular flexibility index (Phi) is 5.73. The van der Waals surface area contributed by atoms with Crippen molar-refractivity contribution in [1.82, 2.24) is 20.4 Å². The average molecular weight is 426 g/mol. The normalized spacial score (nSPS) is 14.6. The molecule has 0 bridgehead atoms. The number of H-pyrrole nitrogens is 1.